The minimum absolute atomic E-state index is 0. The van der Waals surface area contributed by atoms with E-state index in [1.165, 1.54) is 17.7 Å². The molecule has 0 aromatic carbocycles. The van der Waals surface area contributed by atoms with E-state index >= 15 is 0 Å². The smallest absolute Gasteiger partial charge is 0.254 e. The fourth-order valence-electron chi connectivity index (χ4n) is 2.76. The van der Waals surface area contributed by atoms with Gasteiger partial charge in [-0.1, -0.05) is 6.92 Å². The average molecular weight is 310 g/mol. The van der Waals surface area contributed by atoms with Crippen LogP contribution in [-0.4, -0.2) is 51.7 Å². The summed E-state index contributed by atoms with van der Waals surface area (Å²) in [5.41, 5.74) is 2.51. The molecule has 116 valence electrons. The molecular weight excluding hydrogens is 288 g/mol. The van der Waals surface area contributed by atoms with Crippen LogP contribution in [0, 0.1) is 5.92 Å². The Bertz CT molecular complexity index is 609. The molecule has 0 bridgehead atoms. The van der Waals surface area contributed by atoms with Crippen LogP contribution in [0.5, 0.6) is 0 Å². The Hall–Kier alpha value is -1.40. The molecule has 21 heavy (non-hydrogen) atoms. The van der Waals surface area contributed by atoms with Crippen molar-refractivity contribution in [2.45, 2.75) is 26.2 Å². The largest absolute Gasteiger partial charge is 1.00 e. The maximum absolute atomic E-state index is 4.67. The second-order valence-electron chi connectivity index (χ2n) is 5.94. The molecule has 2 aromatic rings. The molecule has 3 rings (SSSR count). The Morgan fingerprint density at radius 3 is 3.00 bits per heavy atom. The predicted octanol–water partition coefficient (Wildman–Crippen LogP) is -1.77. The molecule has 0 saturated carbocycles. The third-order valence-corrected chi connectivity index (χ3v) is 3.89. The first-order valence-electron chi connectivity index (χ1n) is 7.25. The second-order valence-corrected chi connectivity index (χ2v) is 5.94. The number of hydrogen-bond donors (Lipinski definition) is 1. The van der Waals surface area contributed by atoms with Crippen molar-refractivity contribution in [1.29, 1.82) is 0 Å². The van der Waals surface area contributed by atoms with Gasteiger partial charge in [0, 0.05) is 18.7 Å². The van der Waals surface area contributed by atoms with Gasteiger partial charge < -0.3 is 22.6 Å². The van der Waals surface area contributed by atoms with Crippen molar-refractivity contribution in [2.75, 3.05) is 32.5 Å². The first kappa shape index (κ1) is 16.0. The van der Waals surface area contributed by atoms with E-state index in [4.69, 9.17) is 0 Å². The van der Waals surface area contributed by atoms with Gasteiger partial charge in [-0.25, -0.2) is 4.98 Å². The topological polar surface area (TPSA) is 58.4 Å². The summed E-state index contributed by atoms with van der Waals surface area (Å²) in [6, 6.07) is 0. The number of fused-ring (bicyclic) bond motifs is 2. The lowest BCUT2D eigenvalue weighted by atomic mass is 9.88. The number of halogens is 1. The highest BCUT2D eigenvalue weighted by atomic mass is 35.5. The van der Waals surface area contributed by atoms with Crippen LogP contribution < -0.4 is 17.7 Å². The Kier molecular flexibility index (Phi) is 5.00. The van der Waals surface area contributed by atoms with Gasteiger partial charge in [0.25, 0.3) is 5.78 Å². The molecule has 0 spiro atoms. The van der Waals surface area contributed by atoms with Crippen LogP contribution in [0.2, 0.25) is 0 Å². The van der Waals surface area contributed by atoms with Crippen molar-refractivity contribution in [3.8, 4) is 0 Å². The van der Waals surface area contributed by atoms with Gasteiger partial charge in [0.1, 0.15) is 12.1 Å². The molecule has 0 saturated heterocycles. The van der Waals surface area contributed by atoms with Crippen molar-refractivity contribution < 1.29 is 12.4 Å². The lowest BCUT2D eigenvalue weighted by Gasteiger charge is -2.24. The van der Waals surface area contributed by atoms with Crippen molar-refractivity contribution >= 4 is 11.6 Å². The van der Waals surface area contributed by atoms with Gasteiger partial charge in [0.15, 0.2) is 0 Å². The van der Waals surface area contributed by atoms with Gasteiger partial charge in [-0.05, 0) is 39.3 Å². The molecule has 0 radical (unpaired) electrons. The van der Waals surface area contributed by atoms with E-state index in [2.05, 4.69) is 46.3 Å². The molecule has 2 aromatic heterocycles. The third kappa shape index (κ3) is 3.27. The molecule has 1 aliphatic rings. The number of anilines is 1. The zero-order chi connectivity index (χ0) is 14.1. The average Bonchev–Trinajstić information content (AvgIpc) is 2.85. The molecule has 0 amide bonds. The number of hydrogen-bond acceptors (Lipinski definition) is 5. The molecule has 1 unspecified atom stereocenters. The zero-order valence-corrected chi connectivity index (χ0v) is 13.6. The Morgan fingerprint density at radius 2 is 2.24 bits per heavy atom. The molecule has 0 fully saturated rings. The fourth-order valence-corrected chi connectivity index (χ4v) is 2.76. The van der Waals surface area contributed by atoms with Gasteiger partial charge in [-0.3, -0.25) is 0 Å². The van der Waals surface area contributed by atoms with Crippen LogP contribution in [0.25, 0.3) is 5.78 Å². The minimum atomic E-state index is 0. The quantitative estimate of drug-likeness (QED) is 0.724. The van der Waals surface area contributed by atoms with E-state index < -0.39 is 0 Å². The molecule has 1 aliphatic carbocycles. The summed E-state index contributed by atoms with van der Waals surface area (Å²) < 4.78 is 1.84. The zero-order valence-electron chi connectivity index (χ0n) is 12.8. The molecule has 2 heterocycles. The summed E-state index contributed by atoms with van der Waals surface area (Å²) in [5, 5.41) is 7.84. The van der Waals surface area contributed by atoms with Crippen LogP contribution in [0.15, 0.2) is 6.33 Å². The van der Waals surface area contributed by atoms with Gasteiger partial charge in [-0.15, -0.1) is 0 Å². The van der Waals surface area contributed by atoms with E-state index in [1.807, 2.05) is 4.52 Å². The van der Waals surface area contributed by atoms with E-state index in [1.54, 1.807) is 6.33 Å². The third-order valence-electron chi connectivity index (χ3n) is 3.89. The molecular formula is C14H22ClN6-. The van der Waals surface area contributed by atoms with E-state index in [-0.39, 0.29) is 12.4 Å². The maximum Gasteiger partial charge on any atom is 0.254 e. The van der Waals surface area contributed by atoms with Crippen LogP contribution in [0.4, 0.5) is 5.82 Å². The van der Waals surface area contributed by atoms with Crippen molar-refractivity contribution in [3.63, 3.8) is 0 Å². The van der Waals surface area contributed by atoms with Gasteiger partial charge in [0.2, 0.25) is 0 Å². The normalized spacial score (nSPS) is 17.6. The van der Waals surface area contributed by atoms with Gasteiger partial charge >= 0.3 is 0 Å². The summed E-state index contributed by atoms with van der Waals surface area (Å²) in [7, 11) is 4.16. The number of aromatic nitrogens is 4. The highest BCUT2D eigenvalue weighted by Crippen LogP contribution is 2.29. The molecule has 1 atom stereocenters. The lowest BCUT2D eigenvalue weighted by molar-refractivity contribution is -0.00000464. The van der Waals surface area contributed by atoms with Crippen LogP contribution in [0.1, 0.15) is 24.6 Å². The van der Waals surface area contributed by atoms with E-state index in [0.717, 1.165) is 31.7 Å². The van der Waals surface area contributed by atoms with Crippen LogP contribution in [-0.2, 0) is 12.8 Å². The van der Waals surface area contributed by atoms with Gasteiger partial charge in [-0.2, -0.15) is 14.6 Å². The molecule has 0 aliphatic heterocycles. The number of rotatable bonds is 4. The second kappa shape index (κ2) is 6.58. The molecule has 7 heteroatoms. The maximum atomic E-state index is 4.67. The SMILES string of the molecule is CC1CCc2c(nc3ncnn3c2NCCN(C)C)C1.[Cl-]. The van der Waals surface area contributed by atoms with Crippen molar-refractivity contribution in [1.82, 2.24) is 24.5 Å². The standard InChI is InChI=1S/C14H22N6.ClH/c1-10-4-5-11-12(8-10)18-14-16-9-17-20(14)13(11)15-6-7-19(2)3;/h9-10,15H,4-8H2,1-3H3;1H/p-1. The summed E-state index contributed by atoms with van der Waals surface area (Å²) in [6.07, 6.45) is 4.91. The Balaban J connectivity index is 0.00000161. The summed E-state index contributed by atoms with van der Waals surface area (Å²) in [5.74, 6) is 2.48. The van der Waals surface area contributed by atoms with Crippen molar-refractivity contribution in [2.24, 2.45) is 5.92 Å². The summed E-state index contributed by atoms with van der Waals surface area (Å²) >= 11 is 0. The number of nitrogens with one attached hydrogen (secondary N) is 1. The summed E-state index contributed by atoms with van der Waals surface area (Å²) in [4.78, 5) is 11.1. The van der Waals surface area contributed by atoms with E-state index in [9.17, 15) is 0 Å². The Morgan fingerprint density at radius 1 is 1.43 bits per heavy atom. The minimum Gasteiger partial charge on any atom is -1.00 e. The Labute approximate surface area is 131 Å². The molecule has 1 N–H and O–H groups in total. The molecule has 6 nitrogen and oxygen atoms in total. The lowest BCUT2D eigenvalue weighted by Crippen LogP contribution is -3.00. The first-order valence-corrected chi connectivity index (χ1v) is 7.25. The number of nitrogens with zero attached hydrogens (tertiary/aromatic N) is 5. The monoisotopic (exact) mass is 309 g/mol. The summed E-state index contributed by atoms with van der Waals surface area (Å²) in [6.45, 7) is 4.18. The van der Waals surface area contributed by atoms with E-state index in [0.29, 0.717) is 11.7 Å². The first-order chi connectivity index (χ1) is 9.65. The number of likely N-dealkylation sites (N-methyl/N-ethyl adjacent to an activating group) is 1. The van der Waals surface area contributed by atoms with Crippen LogP contribution in [0.3, 0.4) is 0 Å². The van der Waals surface area contributed by atoms with Gasteiger partial charge in [0.05, 0.1) is 5.69 Å². The van der Waals surface area contributed by atoms with Crippen molar-refractivity contribution in [3.05, 3.63) is 17.6 Å². The predicted molar refractivity (Wildman–Crippen MR) is 79.0 cm³/mol. The highest BCUT2D eigenvalue weighted by molar-refractivity contribution is 5.53. The highest BCUT2D eigenvalue weighted by Gasteiger charge is 2.22. The van der Waals surface area contributed by atoms with Crippen LogP contribution >= 0.6 is 0 Å². The fraction of sp³-hybridized carbons (Fsp3) is 0.643.